The number of para-hydroxylation sites is 1. The second-order valence-electron chi connectivity index (χ2n) is 6.85. The molecule has 0 aliphatic carbocycles. The maximum absolute atomic E-state index is 13.1. The molecule has 0 bridgehead atoms. The molecule has 1 unspecified atom stereocenters. The number of nitrogens with one attached hydrogen (secondary N) is 1. The number of fused-ring (bicyclic) bond motifs is 1. The Morgan fingerprint density at radius 2 is 1.87 bits per heavy atom. The van der Waals surface area contributed by atoms with Crippen molar-refractivity contribution in [1.82, 2.24) is 14.9 Å². The number of carbonyl (C=O) groups excluding carboxylic acids is 1. The van der Waals surface area contributed by atoms with Crippen LogP contribution in [0.2, 0.25) is 0 Å². The number of furan rings is 1. The third-order valence-electron chi connectivity index (χ3n) is 4.68. The standard InChI is InChI=1S/C23H21N3O3S/c1-16(21(27)24-14-17-8-3-2-4-9-17)30-23-25-20-12-6-5-11-19(20)22(28)26(23)15-18-10-7-13-29-18/h2-13,16H,14-15H2,1H3,(H,24,27). The molecule has 1 amide bonds. The number of carbonyl (C=O) groups is 1. The first-order valence-electron chi connectivity index (χ1n) is 9.62. The molecule has 1 atom stereocenters. The zero-order chi connectivity index (χ0) is 20.9. The Balaban J connectivity index is 1.58. The average molecular weight is 420 g/mol. The lowest BCUT2D eigenvalue weighted by Crippen LogP contribution is -2.31. The maximum Gasteiger partial charge on any atom is 0.262 e. The van der Waals surface area contributed by atoms with Crippen LogP contribution in [-0.4, -0.2) is 20.7 Å². The number of hydrogen-bond acceptors (Lipinski definition) is 5. The minimum atomic E-state index is -0.426. The van der Waals surface area contributed by atoms with Gasteiger partial charge in [0.2, 0.25) is 5.91 Å². The van der Waals surface area contributed by atoms with E-state index in [0.717, 1.165) is 5.56 Å². The van der Waals surface area contributed by atoms with E-state index in [4.69, 9.17) is 4.42 Å². The van der Waals surface area contributed by atoms with E-state index in [1.54, 1.807) is 29.0 Å². The molecule has 152 valence electrons. The van der Waals surface area contributed by atoms with Crippen LogP contribution >= 0.6 is 11.8 Å². The number of nitrogens with zero attached hydrogens (tertiary/aromatic N) is 2. The summed E-state index contributed by atoms with van der Waals surface area (Å²) < 4.78 is 6.99. The fourth-order valence-electron chi connectivity index (χ4n) is 3.08. The van der Waals surface area contributed by atoms with Crippen LogP contribution in [-0.2, 0) is 17.9 Å². The first-order valence-corrected chi connectivity index (χ1v) is 10.5. The van der Waals surface area contributed by atoms with Gasteiger partial charge in [-0.3, -0.25) is 14.2 Å². The van der Waals surface area contributed by atoms with Crippen molar-refractivity contribution in [3.63, 3.8) is 0 Å². The van der Waals surface area contributed by atoms with Gasteiger partial charge in [-0.25, -0.2) is 4.98 Å². The Bertz CT molecular complexity index is 1200. The molecule has 1 N–H and O–H groups in total. The lowest BCUT2D eigenvalue weighted by Gasteiger charge is -2.16. The monoisotopic (exact) mass is 419 g/mol. The zero-order valence-electron chi connectivity index (χ0n) is 16.4. The summed E-state index contributed by atoms with van der Waals surface area (Å²) in [7, 11) is 0. The van der Waals surface area contributed by atoms with Crippen LogP contribution in [0, 0.1) is 0 Å². The zero-order valence-corrected chi connectivity index (χ0v) is 17.3. The fourth-order valence-corrected chi connectivity index (χ4v) is 4.01. The Morgan fingerprint density at radius 3 is 2.63 bits per heavy atom. The molecule has 0 saturated carbocycles. The summed E-state index contributed by atoms with van der Waals surface area (Å²) in [5.74, 6) is 0.535. The van der Waals surface area contributed by atoms with Gasteiger partial charge in [-0.05, 0) is 36.8 Å². The fraction of sp³-hybridized carbons (Fsp3) is 0.174. The van der Waals surface area contributed by atoms with Crippen molar-refractivity contribution in [2.45, 2.75) is 30.4 Å². The van der Waals surface area contributed by atoms with Crippen LogP contribution in [0.4, 0.5) is 0 Å². The van der Waals surface area contributed by atoms with Crippen LogP contribution in [0.15, 0.2) is 87.4 Å². The van der Waals surface area contributed by atoms with Crippen molar-refractivity contribution in [1.29, 1.82) is 0 Å². The molecule has 0 aliphatic heterocycles. The van der Waals surface area contributed by atoms with Crippen molar-refractivity contribution in [3.05, 3.63) is 94.7 Å². The summed E-state index contributed by atoms with van der Waals surface area (Å²) in [5.41, 5.74) is 1.48. The third-order valence-corrected chi connectivity index (χ3v) is 5.77. The predicted octanol–water partition coefficient (Wildman–Crippen LogP) is 3.83. The SMILES string of the molecule is CC(Sc1nc2ccccc2c(=O)n1Cc1ccco1)C(=O)NCc1ccccc1. The smallest absolute Gasteiger partial charge is 0.262 e. The van der Waals surface area contributed by atoms with E-state index in [1.807, 2.05) is 55.5 Å². The van der Waals surface area contributed by atoms with E-state index in [-0.39, 0.29) is 18.0 Å². The molecule has 30 heavy (non-hydrogen) atoms. The quantitative estimate of drug-likeness (QED) is 0.364. The van der Waals surface area contributed by atoms with Gasteiger partial charge in [-0.2, -0.15) is 0 Å². The largest absolute Gasteiger partial charge is 0.467 e. The van der Waals surface area contributed by atoms with Gasteiger partial charge >= 0.3 is 0 Å². The number of rotatable bonds is 7. The summed E-state index contributed by atoms with van der Waals surface area (Å²) in [6.07, 6.45) is 1.57. The number of thioether (sulfide) groups is 1. The predicted molar refractivity (Wildman–Crippen MR) is 117 cm³/mol. The number of hydrogen-bond donors (Lipinski definition) is 1. The molecular weight excluding hydrogens is 398 g/mol. The Kier molecular flexibility index (Phi) is 5.99. The summed E-state index contributed by atoms with van der Waals surface area (Å²) >= 11 is 1.26. The van der Waals surface area contributed by atoms with Gasteiger partial charge in [-0.15, -0.1) is 0 Å². The number of aromatic nitrogens is 2. The molecule has 4 aromatic rings. The van der Waals surface area contributed by atoms with Crippen molar-refractivity contribution < 1.29 is 9.21 Å². The van der Waals surface area contributed by atoms with Crippen LogP contribution in [0.25, 0.3) is 10.9 Å². The van der Waals surface area contributed by atoms with Crippen LogP contribution < -0.4 is 10.9 Å². The minimum absolute atomic E-state index is 0.115. The highest BCUT2D eigenvalue weighted by molar-refractivity contribution is 8.00. The molecule has 0 fully saturated rings. The lowest BCUT2D eigenvalue weighted by molar-refractivity contribution is -0.120. The molecular formula is C23H21N3O3S. The van der Waals surface area contributed by atoms with E-state index in [9.17, 15) is 9.59 Å². The summed E-state index contributed by atoms with van der Waals surface area (Å²) in [6.45, 7) is 2.52. The van der Waals surface area contributed by atoms with Crippen molar-refractivity contribution in [2.75, 3.05) is 0 Å². The van der Waals surface area contributed by atoms with Crippen molar-refractivity contribution in [3.8, 4) is 0 Å². The lowest BCUT2D eigenvalue weighted by atomic mass is 10.2. The van der Waals surface area contributed by atoms with Gasteiger partial charge < -0.3 is 9.73 Å². The number of amides is 1. The van der Waals surface area contributed by atoms with E-state index in [0.29, 0.717) is 28.4 Å². The second kappa shape index (κ2) is 9.00. The van der Waals surface area contributed by atoms with E-state index in [2.05, 4.69) is 10.3 Å². The average Bonchev–Trinajstić information content (AvgIpc) is 3.28. The highest BCUT2D eigenvalue weighted by atomic mass is 32.2. The topological polar surface area (TPSA) is 77.1 Å². The summed E-state index contributed by atoms with van der Waals surface area (Å²) in [4.78, 5) is 30.4. The molecule has 2 aromatic carbocycles. The van der Waals surface area contributed by atoms with Gasteiger partial charge in [0.05, 0.1) is 29.0 Å². The van der Waals surface area contributed by atoms with Gasteiger partial charge in [-0.1, -0.05) is 54.2 Å². The molecule has 4 rings (SSSR count). The first-order chi connectivity index (χ1) is 14.6. The summed E-state index contributed by atoms with van der Waals surface area (Å²) in [5, 5.41) is 3.54. The van der Waals surface area contributed by atoms with E-state index < -0.39 is 5.25 Å². The Hall–Kier alpha value is -3.32. The highest BCUT2D eigenvalue weighted by Crippen LogP contribution is 2.23. The molecule has 0 radical (unpaired) electrons. The van der Waals surface area contributed by atoms with E-state index in [1.165, 1.54) is 11.8 Å². The normalized spacial score (nSPS) is 12.0. The van der Waals surface area contributed by atoms with Gasteiger partial charge in [0, 0.05) is 6.54 Å². The minimum Gasteiger partial charge on any atom is -0.467 e. The molecule has 7 heteroatoms. The van der Waals surface area contributed by atoms with Crippen molar-refractivity contribution >= 4 is 28.6 Å². The molecule has 2 heterocycles. The molecule has 2 aromatic heterocycles. The third kappa shape index (κ3) is 4.46. The molecule has 0 spiro atoms. The number of benzene rings is 2. The molecule has 0 aliphatic rings. The van der Waals surface area contributed by atoms with Crippen LogP contribution in [0.3, 0.4) is 0 Å². The van der Waals surface area contributed by atoms with Crippen LogP contribution in [0.1, 0.15) is 18.2 Å². The molecule has 6 nitrogen and oxygen atoms in total. The van der Waals surface area contributed by atoms with Gasteiger partial charge in [0.15, 0.2) is 5.16 Å². The summed E-state index contributed by atoms with van der Waals surface area (Å²) in [6, 6.07) is 20.5. The Morgan fingerprint density at radius 1 is 1.10 bits per heavy atom. The molecule has 0 saturated heterocycles. The van der Waals surface area contributed by atoms with Gasteiger partial charge in [0.1, 0.15) is 5.76 Å². The highest BCUT2D eigenvalue weighted by Gasteiger charge is 2.20. The van der Waals surface area contributed by atoms with Gasteiger partial charge in [0.25, 0.3) is 5.56 Å². The Labute approximate surface area is 177 Å². The van der Waals surface area contributed by atoms with Crippen LogP contribution in [0.5, 0.6) is 0 Å². The first kappa shape index (κ1) is 20.0. The van der Waals surface area contributed by atoms with Crippen molar-refractivity contribution in [2.24, 2.45) is 0 Å². The maximum atomic E-state index is 13.1. The van der Waals surface area contributed by atoms with E-state index >= 15 is 0 Å². The second-order valence-corrected chi connectivity index (χ2v) is 8.15.